The number of guanidine groups is 1. The van der Waals surface area contributed by atoms with Crippen LogP contribution in [0, 0.1) is 6.92 Å². The minimum Gasteiger partial charge on any atom is -0.497 e. The van der Waals surface area contributed by atoms with Crippen LogP contribution < -0.4 is 20.5 Å². The molecule has 0 fully saturated rings. The van der Waals surface area contributed by atoms with Gasteiger partial charge in [-0.3, -0.25) is 0 Å². The molecule has 0 saturated carbocycles. The van der Waals surface area contributed by atoms with Crippen molar-refractivity contribution in [2.75, 3.05) is 19.0 Å². The Hall–Kier alpha value is -1.96. The number of benzene rings is 2. The van der Waals surface area contributed by atoms with E-state index in [0.29, 0.717) is 12.5 Å². The van der Waals surface area contributed by atoms with Gasteiger partial charge in [0.25, 0.3) is 0 Å². The van der Waals surface area contributed by atoms with Gasteiger partial charge in [0, 0.05) is 5.69 Å². The van der Waals surface area contributed by atoms with Gasteiger partial charge in [0.05, 0.1) is 13.7 Å². The Morgan fingerprint density at radius 1 is 1.16 bits per heavy atom. The SMILES string of the molecule is CCC(CN=C(N)Nc1ccc(OC)cc1)Oc1cccc(C)c1.I. The molecule has 2 aromatic carbocycles. The number of rotatable bonds is 7. The average Bonchev–Trinajstić information content (AvgIpc) is 2.59. The molecule has 3 N–H and O–H groups in total. The van der Waals surface area contributed by atoms with Crippen molar-refractivity contribution < 1.29 is 9.47 Å². The lowest BCUT2D eigenvalue weighted by molar-refractivity contribution is 0.205. The fourth-order valence-corrected chi connectivity index (χ4v) is 2.19. The van der Waals surface area contributed by atoms with E-state index in [2.05, 4.69) is 17.2 Å². The van der Waals surface area contributed by atoms with Crippen LogP contribution in [0.15, 0.2) is 53.5 Å². The number of hydrogen-bond acceptors (Lipinski definition) is 3. The standard InChI is InChI=1S/C19H25N3O2.HI/c1-4-16(24-18-7-5-6-14(2)12-18)13-21-19(20)22-15-8-10-17(23-3)11-9-15;/h5-12,16H,4,13H2,1-3H3,(H3,20,21,22);1H. The second kappa shape index (κ2) is 10.8. The summed E-state index contributed by atoms with van der Waals surface area (Å²) < 4.78 is 11.1. The van der Waals surface area contributed by atoms with Gasteiger partial charge in [-0.05, 0) is 55.3 Å². The van der Waals surface area contributed by atoms with Gasteiger partial charge in [-0.2, -0.15) is 0 Å². The number of methoxy groups -OCH3 is 1. The van der Waals surface area contributed by atoms with Crippen molar-refractivity contribution >= 4 is 35.6 Å². The molecule has 136 valence electrons. The first-order valence-corrected chi connectivity index (χ1v) is 8.05. The molecule has 0 saturated heterocycles. The molecule has 0 radical (unpaired) electrons. The van der Waals surface area contributed by atoms with Crippen LogP contribution >= 0.6 is 24.0 Å². The Kier molecular flexibility index (Phi) is 9.12. The molecular weight excluding hydrogens is 429 g/mol. The maximum atomic E-state index is 5.97. The summed E-state index contributed by atoms with van der Waals surface area (Å²) in [6.45, 7) is 4.62. The first-order chi connectivity index (χ1) is 11.6. The van der Waals surface area contributed by atoms with Gasteiger partial charge in [-0.15, -0.1) is 24.0 Å². The number of aliphatic imine (C=N–C) groups is 1. The number of nitrogens with two attached hydrogens (primary N) is 1. The lowest BCUT2D eigenvalue weighted by atomic mass is 10.2. The number of hydrogen-bond donors (Lipinski definition) is 2. The van der Waals surface area contributed by atoms with Crippen LogP contribution in [0.4, 0.5) is 5.69 Å². The van der Waals surface area contributed by atoms with E-state index in [9.17, 15) is 0 Å². The minimum absolute atomic E-state index is 0. The van der Waals surface area contributed by atoms with Crippen molar-refractivity contribution in [2.45, 2.75) is 26.4 Å². The van der Waals surface area contributed by atoms with Gasteiger partial charge in [-0.25, -0.2) is 4.99 Å². The summed E-state index contributed by atoms with van der Waals surface area (Å²) in [7, 11) is 1.64. The van der Waals surface area contributed by atoms with E-state index in [1.807, 2.05) is 55.5 Å². The topological polar surface area (TPSA) is 68.9 Å². The van der Waals surface area contributed by atoms with E-state index in [0.717, 1.165) is 23.6 Å². The van der Waals surface area contributed by atoms with E-state index < -0.39 is 0 Å². The number of nitrogens with one attached hydrogen (secondary N) is 1. The molecule has 0 aromatic heterocycles. The molecule has 0 bridgehead atoms. The van der Waals surface area contributed by atoms with Gasteiger partial charge in [0.1, 0.15) is 17.6 Å². The molecule has 5 nitrogen and oxygen atoms in total. The number of ether oxygens (including phenoxy) is 2. The van der Waals surface area contributed by atoms with Crippen LogP contribution in [-0.2, 0) is 0 Å². The third kappa shape index (κ3) is 7.21. The average molecular weight is 455 g/mol. The number of aryl methyl sites for hydroxylation is 1. The van der Waals surface area contributed by atoms with Gasteiger partial charge < -0.3 is 20.5 Å². The first-order valence-electron chi connectivity index (χ1n) is 8.05. The smallest absolute Gasteiger partial charge is 0.193 e. The lowest BCUT2D eigenvalue weighted by Gasteiger charge is -2.16. The predicted octanol–water partition coefficient (Wildman–Crippen LogP) is 4.21. The normalized spacial score (nSPS) is 12.0. The number of halogens is 1. The van der Waals surface area contributed by atoms with Crippen LogP contribution in [0.1, 0.15) is 18.9 Å². The fourth-order valence-electron chi connectivity index (χ4n) is 2.19. The van der Waals surface area contributed by atoms with E-state index in [1.54, 1.807) is 7.11 Å². The zero-order valence-corrected chi connectivity index (χ0v) is 17.2. The van der Waals surface area contributed by atoms with Crippen LogP contribution in [0.3, 0.4) is 0 Å². The second-order valence-corrected chi connectivity index (χ2v) is 5.54. The third-order valence-corrected chi connectivity index (χ3v) is 3.58. The molecule has 2 rings (SSSR count). The lowest BCUT2D eigenvalue weighted by Crippen LogP contribution is -2.26. The molecular formula is C19H26IN3O2. The monoisotopic (exact) mass is 455 g/mol. The molecule has 0 amide bonds. The zero-order valence-electron chi connectivity index (χ0n) is 14.9. The molecule has 0 aliphatic carbocycles. The highest BCUT2D eigenvalue weighted by Gasteiger charge is 2.08. The van der Waals surface area contributed by atoms with E-state index in [1.165, 1.54) is 5.56 Å². The summed E-state index contributed by atoms with van der Waals surface area (Å²) in [4.78, 5) is 4.38. The van der Waals surface area contributed by atoms with Crippen molar-refractivity contribution in [1.29, 1.82) is 0 Å². The third-order valence-electron chi connectivity index (χ3n) is 3.58. The van der Waals surface area contributed by atoms with Crippen LogP contribution in [0.2, 0.25) is 0 Å². The summed E-state index contributed by atoms with van der Waals surface area (Å²) in [6.07, 6.45) is 0.843. The highest BCUT2D eigenvalue weighted by atomic mass is 127. The molecule has 2 aromatic rings. The van der Waals surface area contributed by atoms with Gasteiger partial charge in [0.15, 0.2) is 5.96 Å². The summed E-state index contributed by atoms with van der Waals surface area (Å²) in [5, 5.41) is 3.06. The van der Waals surface area contributed by atoms with Crippen molar-refractivity contribution in [3.05, 3.63) is 54.1 Å². The van der Waals surface area contributed by atoms with Crippen LogP contribution in [0.25, 0.3) is 0 Å². The Morgan fingerprint density at radius 3 is 2.48 bits per heavy atom. The molecule has 1 unspecified atom stereocenters. The fraction of sp³-hybridized carbons (Fsp3) is 0.316. The van der Waals surface area contributed by atoms with Gasteiger partial charge >= 0.3 is 0 Å². The van der Waals surface area contributed by atoms with E-state index >= 15 is 0 Å². The van der Waals surface area contributed by atoms with Crippen molar-refractivity contribution in [1.82, 2.24) is 0 Å². The molecule has 0 spiro atoms. The van der Waals surface area contributed by atoms with E-state index in [4.69, 9.17) is 15.2 Å². The van der Waals surface area contributed by atoms with Crippen LogP contribution in [0.5, 0.6) is 11.5 Å². The largest absolute Gasteiger partial charge is 0.497 e. The Morgan fingerprint density at radius 2 is 1.88 bits per heavy atom. The quantitative estimate of drug-likeness (QED) is 0.373. The predicted molar refractivity (Wildman–Crippen MR) is 114 cm³/mol. The van der Waals surface area contributed by atoms with E-state index in [-0.39, 0.29) is 30.1 Å². The number of anilines is 1. The van der Waals surface area contributed by atoms with Crippen molar-refractivity contribution in [2.24, 2.45) is 10.7 Å². The van der Waals surface area contributed by atoms with Crippen molar-refractivity contribution in [3.8, 4) is 11.5 Å². The highest BCUT2D eigenvalue weighted by Crippen LogP contribution is 2.16. The minimum atomic E-state index is -0.0111. The molecule has 0 heterocycles. The summed E-state index contributed by atoms with van der Waals surface area (Å²) >= 11 is 0. The maximum absolute atomic E-state index is 5.97. The van der Waals surface area contributed by atoms with Crippen LogP contribution in [-0.4, -0.2) is 25.7 Å². The Bertz CT molecular complexity index is 675. The van der Waals surface area contributed by atoms with Gasteiger partial charge in [-0.1, -0.05) is 19.1 Å². The molecule has 6 heteroatoms. The summed E-state index contributed by atoms with van der Waals surface area (Å²) in [5.74, 6) is 2.03. The van der Waals surface area contributed by atoms with Gasteiger partial charge in [0.2, 0.25) is 0 Å². The zero-order chi connectivity index (χ0) is 17.4. The molecule has 1 atom stereocenters. The van der Waals surface area contributed by atoms with Crippen molar-refractivity contribution in [3.63, 3.8) is 0 Å². The summed E-state index contributed by atoms with van der Waals surface area (Å²) in [5.41, 5.74) is 7.99. The number of nitrogens with zero attached hydrogens (tertiary/aromatic N) is 1. The summed E-state index contributed by atoms with van der Waals surface area (Å²) in [6, 6.07) is 15.5. The Balaban J connectivity index is 0.00000312. The first kappa shape index (κ1) is 21.1. The Labute approximate surface area is 166 Å². The molecule has 0 aliphatic rings. The maximum Gasteiger partial charge on any atom is 0.193 e. The molecule has 25 heavy (non-hydrogen) atoms. The second-order valence-electron chi connectivity index (χ2n) is 5.54. The highest BCUT2D eigenvalue weighted by molar-refractivity contribution is 14.0. The molecule has 0 aliphatic heterocycles.